The van der Waals surface area contributed by atoms with E-state index in [1.54, 1.807) is 0 Å². The summed E-state index contributed by atoms with van der Waals surface area (Å²) in [4.78, 5) is 5.05. The molecule has 1 aliphatic heterocycles. The van der Waals surface area contributed by atoms with E-state index >= 15 is 0 Å². The summed E-state index contributed by atoms with van der Waals surface area (Å²) in [6.07, 6.45) is 3.60. The minimum atomic E-state index is 0.356. The fourth-order valence-corrected chi connectivity index (χ4v) is 2.60. The lowest BCUT2D eigenvalue weighted by molar-refractivity contribution is 0.133. The Bertz CT molecular complexity index is 169. The molecule has 0 saturated carbocycles. The molecule has 0 amide bonds. The zero-order chi connectivity index (χ0) is 11.8. The molecule has 1 rings (SSSR count). The minimum Gasteiger partial charge on any atom is -0.396 e. The lowest BCUT2D eigenvalue weighted by atomic mass is 9.95. The molecule has 0 aliphatic carbocycles. The number of aliphatic hydroxyl groups excluding tert-OH is 1. The lowest BCUT2D eigenvalue weighted by Gasteiger charge is -2.33. The number of rotatable bonds is 7. The largest absolute Gasteiger partial charge is 0.396 e. The Morgan fingerprint density at radius 1 is 1.31 bits per heavy atom. The van der Waals surface area contributed by atoms with Crippen molar-refractivity contribution in [2.45, 2.75) is 33.1 Å². The minimum absolute atomic E-state index is 0.356. The van der Waals surface area contributed by atoms with Gasteiger partial charge in [0.1, 0.15) is 0 Å². The molecule has 3 heteroatoms. The van der Waals surface area contributed by atoms with Gasteiger partial charge in [-0.2, -0.15) is 0 Å². The molecule has 1 fully saturated rings. The maximum atomic E-state index is 8.97. The summed E-state index contributed by atoms with van der Waals surface area (Å²) in [5.74, 6) is 0.732. The van der Waals surface area contributed by atoms with Gasteiger partial charge in [0.25, 0.3) is 0 Å². The number of aliphatic hydroxyl groups is 1. The molecule has 1 aliphatic rings. The third-order valence-corrected chi connectivity index (χ3v) is 3.77. The van der Waals surface area contributed by atoms with Crippen LogP contribution in [0.1, 0.15) is 33.1 Å². The molecule has 0 spiro atoms. The van der Waals surface area contributed by atoms with E-state index in [-0.39, 0.29) is 0 Å². The van der Waals surface area contributed by atoms with E-state index in [2.05, 4.69) is 23.6 Å². The topological polar surface area (TPSA) is 26.7 Å². The molecular formula is C13H28N2O. The summed E-state index contributed by atoms with van der Waals surface area (Å²) in [7, 11) is 0. The molecule has 1 atom stereocenters. The number of hydrogen-bond acceptors (Lipinski definition) is 3. The van der Waals surface area contributed by atoms with E-state index in [0.717, 1.165) is 25.4 Å². The van der Waals surface area contributed by atoms with Gasteiger partial charge < -0.3 is 14.9 Å². The predicted octanol–water partition coefficient (Wildman–Crippen LogP) is 1.42. The van der Waals surface area contributed by atoms with Crippen LogP contribution in [0.25, 0.3) is 0 Å². The second kappa shape index (κ2) is 8.04. The number of hydrogen-bond donors (Lipinski definition) is 1. The normalized spacial score (nSPS) is 22.9. The van der Waals surface area contributed by atoms with Gasteiger partial charge >= 0.3 is 0 Å². The van der Waals surface area contributed by atoms with Gasteiger partial charge in [0.15, 0.2) is 0 Å². The lowest BCUT2D eigenvalue weighted by Crippen LogP contribution is -2.41. The van der Waals surface area contributed by atoms with E-state index < -0.39 is 0 Å². The maximum absolute atomic E-state index is 8.97. The molecule has 0 aromatic heterocycles. The average Bonchev–Trinajstić information content (AvgIpc) is 2.31. The zero-order valence-electron chi connectivity index (χ0n) is 11.0. The summed E-state index contributed by atoms with van der Waals surface area (Å²) in [6.45, 7) is 12.0. The smallest absolute Gasteiger partial charge is 0.0434 e. The number of likely N-dealkylation sites (tertiary alicyclic amines) is 1. The van der Waals surface area contributed by atoms with Crippen LogP contribution in [0, 0.1) is 5.92 Å². The van der Waals surface area contributed by atoms with Crippen molar-refractivity contribution < 1.29 is 5.11 Å². The Hall–Kier alpha value is -0.120. The molecule has 96 valence electrons. The molecule has 0 aromatic rings. The highest BCUT2D eigenvalue weighted by molar-refractivity contribution is 4.73. The first-order chi connectivity index (χ1) is 7.80. The number of nitrogens with zero attached hydrogens (tertiary/aromatic N) is 2. The fraction of sp³-hybridized carbons (Fsp3) is 1.00. The van der Waals surface area contributed by atoms with Gasteiger partial charge in [0, 0.05) is 26.2 Å². The molecule has 0 bridgehead atoms. The molecule has 16 heavy (non-hydrogen) atoms. The third-order valence-electron chi connectivity index (χ3n) is 3.77. The van der Waals surface area contributed by atoms with Crippen LogP contribution in [-0.4, -0.2) is 60.8 Å². The summed E-state index contributed by atoms with van der Waals surface area (Å²) < 4.78 is 0. The van der Waals surface area contributed by atoms with E-state index in [9.17, 15) is 0 Å². The summed E-state index contributed by atoms with van der Waals surface area (Å²) in [6, 6.07) is 0. The number of likely N-dealkylation sites (N-methyl/N-ethyl adjacent to an activating group) is 1. The van der Waals surface area contributed by atoms with Crippen LogP contribution >= 0.6 is 0 Å². The van der Waals surface area contributed by atoms with Gasteiger partial charge in [-0.1, -0.05) is 13.8 Å². The van der Waals surface area contributed by atoms with Crippen molar-refractivity contribution >= 4 is 0 Å². The van der Waals surface area contributed by atoms with Crippen LogP contribution < -0.4 is 0 Å². The van der Waals surface area contributed by atoms with E-state index in [0.29, 0.717) is 6.61 Å². The molecule has 1 saturated heterocycles. The van der Waals surface area contributed by atoms with Crippen LogP contribution in [0.2, 0.25) is 0 Å². The van der Waals surface area contributed by atoms with Gasteiger partial charge in [-0.25, -0.2) is 0 Å². The Morgan fingerprint density at radius 2 is 2.06 bits per heavy atom. The van der Waals surface area contributed by atoms with E-state index in [1.807, 2.05) is 0 Å². The molecule has 3 nitrogen and oxygen atoms in total. The SMILES string of the molecule is CCN(CC)CCN1CCCC(CCO)C1. The highest BCUT2D eigenvalue weighted by atomic mass is 16.3. The summed E-state index contributed by atoms with van der Waals surface area (Å²) in [5.41, 5.74) is 0. The van der Waals surface area contributed by atoms with Gasteiger partial charge in [-0.15, -0.1) is 0 Å². The standard InChI is InChI=1S/C13H28N2O/c1-3-14(4-2)9-10-15-8-5-6-13(12-15)7-11-16/h13,16H,3-12H2,1-2H3. The first-order valence-electron chi connectivity index (χ1n) is 6.85. The van der Waals surface area contributed by atoms with E-state index in [1.165, 1.54) is 39.0 Å². The van der Waals surface area contributed by atoms with Crippen LogP contribution in [0.4, 0.5) is 0 Å². The van der Waals surface area contributed by atoms with Gasteiger partial charge in [0.2, 0.25) is 0 Å². The third kappa shape index (κ3) is 4.81. The van der Waals surface area contributed by atoms with Crippen molar-refractivity contribution in [3.63, 3.8) is 0 Å². The monoisotopic (exact) mass is 228 g/mol. The van der Waals surface area contributed by atoms with Crippen LogP contribution in [-0.2, 0) is 0 Å². The van der Waals surface area contributed by atoms with Gasteiger partial charge in [-0.3, -0.25) is 0 Å². The second-order valence-electron chi connectivity index (χ2n) is 4.85. The highest BCUT2D eigenvalue weighted by Gasteiger charge is 2.19. The van der Waals surface area contributed by atoms with Crippen molar-refractivity contribution in [1.29, 1.82) is 0 Å². The first kappa shape index (κ1) is 13.9. The van der Waals surface area contributed by atoms with Crippen LogP contribution in [0.3, 0.4) is 0 Å². The maximum Gasteiger partial charge on any atom is 0.0434 e. The van der Waals surface area contributed by atoms with Crippen molar-refractivity contribution in [2.24, 2.45) is 5.92 Å². The molecule has 0 aromatic carbocycles. The number of piperidine rings is 1. The van der Waals surface area contributed by atoms with Gasteiger partial charge in [-0.05, 0) is 44.8 Å². The Balaban J connectivity index is 2.20. The molecule has 1 N–H and O–H groups in total. The van der Waals surface area contributed by atoms with Gasteiger partial charge in [0.05, 0.1) is 0 Å². The quantitative estimate of drug-likeness (QED) is 0.714. The van der Waals surface area contributed by atoms with Crippen molar-refractivity contribution in [3.05, 3.63) is 0 Å². The second-order valence-corrected chi connectivity index (χ2v) is 4.85. The Labute approximate surface area is 100 Å². The molecule has 1 unspecified atom stereocenters. The van der Waals surface area contributed by atoms with Crippen molar-refractivity contribution in [1.82, 2.24) is 9.80 Å². The summed E-state index contributed by atoms with van der Waals surface area (Å²) in [5, 5.41) is 8.97. The average molecular weight is 228 g/mol. The predicted molar refractivity (Wildman–Crippen MR) is 68.7 cm³/mol. The van der Waals surface area contributed by atoms with Crippen molar-refractivity contribution in [2.75, 3.05) is 45.9 Å². The highest BCUT2D eigenvalue weighted by Crippen LogP contribution is 2.18. The Kier molecular flexibility index (Phi) is 7.01. The fourth-order valence-electron chi connectivity index (χ4n) is 2.60. The van der Waals surface area contributed by atoms with E-state index in [4.69, 9.17) is 5.11 Å². The van der Waals surface area contributed by atoms with Crippen molar-refractivity contribution in [3.8, 4) is 0 Å². The molecular weight excluding hydrogens is 200 g/mol. The molecule has 0 radical (unpaired) electrons. The van der Waals surface area contributed by atoms with Crippen LogP contribution in [0.15, 0.2) is 0 Å². The van der Waals surface area contributed by atoms with Crippen LogP contribution in [0.5, 0.6) is 0 Å². The molecule has 1 heterocycles. The first-order valence-corrected chi connectivity index (χ1v) is 6.85. The summed E-state index contributed by atoms with van der Waals surface area (Å²) >= 11 is 0. The zero-order valence-corrected chi connectivity index (χ0v) is 11.0. The Morgan fingerprint density at radius 3 is 2.69 bits per heavy atom.